The van der Waals surface area contributed by atoms with Crippen LogP contribution in [0.4, 0.5) is 10.9 Å². The van der Waals surface area contributed by atoms with Gasteiger partial charge in [-0.15, -0.1) is 5.10 Å². The molecule has 0 aliphatic heterocycles. The molecule has 1 amide bonds. The van der Waals surface area contributed by atoms with E-state index < -0.39 is 0 Å². The molecule has 0 bridgehead atoms. The lowest BCUT2D eigenvalue weighted by Gasteiger charge is -2.10. The molecule has 0 spiro atoms. The van der Waals surface area contributed by atoms with Crippen LogP contribution >= 0.6 is 11.3 Å². The highest BCUT2D eigenvalue weighted by Crippen LogP contribution is 2.28. The number of carbonyl (C=O) groups is 1. The topological polar surface area (TPSA) is 119 Å². The summed E-state index contributed by atoms with van der Waals surface area (Å²) >= 11 is 1.33. The van der Waals surface area contributed by atoms with Gasteiger partial charge in [-0.1, -0.05) is 41.3 Å². The first-order chi connectivity index (χ1) is 19.5. The Balaban J connectivity index is 1.16. The highest BCUT2D eigenvalue weighted by molar-refractivity contribution is 7.14. The molecule has 11 heteroatoms. The van der Waals surface area contributed by atoms with Crippen LogP contribution in [0.2, 0.25) is 0 Å². The Morgan fingerprint density at radius 2 is 1.73 bits per heavy atom. The summed E-state index contributed by atoms with van der Waals surface area (Å²) in [6.45, 7) is 2.75. The Morgan fingerprint density at radius 1 is 0.900 bits per heavy atom. The Kier molecular flexibility index (Phi) is 10.6. The van der Waals surface area contributed by atoms with E-state index in [4.69, 9.17) is 9.47 Å². The Bertz CT molecular complexity index is 1400. The molecule has 0 radical (unpaired) electrons. The van der Waals surface area contributed by atoms with Gasteiger partial charge in [-0.3, -0.25) is 4.79 Å². The first kappa shape index (κ1) is 28.8. The van der Waals surface area contributed by atoms with Gasteiger partial charge >= 0.3 is 5.13 Å². The molecule has 4 rings (SSSR count). The second-order valence-electron chi connectivity index (χ2n) is 9.08. The predicted molar refractivity (Wildman–Crippen MR) is 153 cm³/mol. The van der Waals surface area contributed by atoms with E-state index in [9.17, 15) is 9.70 Å². The first-order valence-corrected chi connectivity index (χ1v) is 14.1. The third-order valence-corrected chi connectivity index (χ3v) is 7.06. The van der Waals surface area contributed by atoms with Crippen molar-refractivity contribution < 1.29 is 19.0 Å². The number of nitrogens with one attached hydrogen (secondary N) is 1. The molecule has 1 N–H and O–H groups in total. The first-order valence-electron chi connectivity index (χ1n) is 13.3. The summed E-state index contributed by atoms with van der Waals surface area (Å²) in [7, 11) is 1.60. The fraction of sp³-hybridized carbons (Fsp3) is 0.345. The number of unbranched alkanes of at least 4 members (excludes halogenated alkanes) is 1. The van der Waals surface area contributed by atoms with Crippen molar-refractivity contribution in [1.29, 1.82) is 0 Å². The van der Waals surface area contributed by atoms with Crippen LogP contribution in [-0.4, -0.2) is 51.3 Å². The van der Waals surface area contributed by atoms with E-state index in [-0.39, 0.29) is 12.5 Å². The molecule has 0 saturated heterocycles. The Morgan fingerprint density at radius 3 is 2.48 bits per heavy atom. The number of nitroso groups, excluding NO2 is 1. The van der Waals surface area contributed by atoms with E-state index in [1.165, 1.54) is 11.3 Å². The molecule has 0 unspecified atom stereocenters. The van der Waals surface area contributed by atoms with Crippen molar-refractivity contribution in [2.24, 2.45) is 0 Å². The van der Waals surface area contributed by atoms with Crippen LogP contribution in [0.5, 0.6) is 11.5 Å². The summed E-state index contributed by atoms with van der Waals surface area (Å²) in [5.74, 6) is 1.66. The van der Waals surface area contributed by atoms with Gasteiger partial charge in [0.1, 0.15) is 11.6 Å². The minimum atomic E-state index is -0.127. The number of ether oxygens (including phenoxy) is 2. The zero-order valence-electron chi connectivity index (χ0n) is 22.7. The van der Waals surface area contributed by atoms with Crippen molar-refractivity contribution in [1.82, 2.24) is 20.4 Å². The molecule has 0 aliphatic carbocycles. The van der Waals surface area contributed by atoms with Crippen molar-refractivity contribution in [3.05, 3.63) is 87.4 Å². The van der Waals surface area contributed by atoms with Crippen LogP contribution in [0.25, 0.3) is 0 Å². The maximum absolute atomic E-state index is 12.6. The van der Waals surface area contributed by atoms with Gasteiger partial charge in [0.05, 0.1) is 30.9 Å². The second-order valence-corrected chi connectivity index (χ2v) is 10.1. The maximum atomic E-state index is 12.6. The molecule has 2 aromatic heterocycles. The third kappa shape index (κ3) is 8.63. The van der Waals surface area contributed by atoms with Gasteiger partial charge in [-0.05, 0) is 82.8 Å². The summed E-state index contributed by atoms with van der Waals surface area (Å²) in [6, 6.07) is 18.9. The molecule has 2 aromatic carbocycles. The number of rotatable bonds is 15. The van der Waals surface area contributed by atoms with Gasteiger partial charge in [0.15, 0.2) is 17.3 Å². The number of benzene rings is 2. The molecule has 40 heavy (non-hydrogen) atoms. The third-order valence-electron chi connectivity index (χ3n) is 6.07. The molecule has 0 saturated carbocycles. The number of aryl methyl sites for hydroxylation is 2. The fourth-order valence-corrected chi connectivity index (χ4v) is 4.84. The van der Waals surface area contributed by atoms with Crippen LogP contribution in [-0.2, 0) is 30.5 Å². The molecular weight excluding hydrogens is 528 g/mol. The zero-order chi connectivity index (χ0) is 28.2. The van der Waals surface area contributed by atoms with E-state index in [0.29, 0.717) is 41.9 Å². The van der Waals surface area contributed by atoms with Crippen LogP contribution in [0, 0.1) is 4.91 Å². The number of hydrogen-bond acceptors (Lipinski definition) is 9. The molecule has 0 fully saturated rings. The second kappa shape index (κ2) is 14.8. The lowest BCUT2D eigenvalue weighted by atomic mass is 10.1. The van der Waals surface area contributed by atoms with Gasteiger partial charge in [-0.25, -0.2) is 0 Å². The van der Waals surface area contributed by atoms with Crippen molar-refractivity contribution in [3.63, 3.8) is 0 Å². The SMILES string of the molecule is CCOc1ccc(CC[N+](=O)c2nnc(CCCCc3ccc(NC(=O)Cc4ccccc4)nn3)s2)cc1OC. The van der Waals surface area contributed by atoms with Gasteiger partial charge in [-0.2, -0.15) is 5.10 Å². The average Bonchev–Trinajstić information content (AvgIpc) is 3.45. The minimum Gasteiger partial charge on any atom is -0.493 e. The van der Waals surface area contributed by atoms with E-state index in [0.717, 1.165) is 52.3 Å². The molecule has 208 valence electrons. The van der Waals surface area contributed by atoms with Crippen molar-refractivity contribution in [3.8, 4) is 11.5 Å². The lowest BCUT2D eigenvalue weighted by Crippen LogP contribution is -2.15. The van der Waals surface area contributed by atoms with Gasteiger partial charge in [0.2, 0.25) is 5.91 Å². The van der Waals surface area contributed by atoms with Gasteiger partial charge in [0.25, 0.3) is 0 Å². The quantitative estimate of drug-likeness (QED) is 0.157. The number of nitrogens with zero attached hydrogens (tertiary/aromatic N) is 5. The highest BCUT2D eigenvalue weighted by Gasteiger charge is 2.20. The van der Waals surface area contributed by atoms with Crippen LogP contribution < -0.4 is 14.8 Å². The summed E-state index contributed by atoms with van der Waals surface area (Å²) in [6.07, 6.45) is 4.12. The predicted octanol–water partition coefficient (Wildman–Crippen LogP) is 5.14. The fourth-order valence-electron chi connectivity index (χ4n) is 4.03. The number of carbonyl (C=O) groups excluding carboxylic acids is 1. The molecular formula is C29H33N6O4S+. The normalized spacial score (nSPS) is 10.8. The largest absolute Gasteiger partial charge is 0.493 e. The number of aromatic nitrogens is 4. The highest BCUT2D eigenvalue weighted by atomic mass is 32.1. The summed E-state index contributed by atoms with van der Waals surface area (Å²) < 4.78 is 11.8. The van der Waals surface area contributed by atoms with Crippen molar-refractivity contribution >= 4 is 28.2 Å². The molecule has 0 atom stereocenters. The number of hydrogen-bond donors (Lipinski definition) is 1. The van der Waals surface area contributed by atoms with E-state index in [2.05, 4.69) is 25.7 Å². The molecule has 2 heterocycles. The van der Waals surface area contributed by atoms with E-state index >= 15 is 0 Å². The lowest BCUT2D eigenvalue weighted by molar-refractivity contribution is -0.462. The summed E-state index contributed by atoms with van der Waals surface area (Å²) in [4.78, 5) is 24.8. The van der Waals surface area contributed by atoms with Crippen LogP contribution in [0.1, 0.15) is 41.6 Å². The Labute approximate surface area is 237 Å². The minimum absolute atomic E-state index is 0.127. The van der Waals surface area contributed by atoms with Crippen LogP contribution in [0.15, 0.2) is 60.7 Å². The molecule has 10 nitrogen and oxygen atoms in total. The van der Waals surface area contributed by atoms with E-state index in [1.807, 2.05) is 61.5 Å². The van der Waals surface area contributed by atoms with E-state index in [1.54, 1.807) is 13.2 Å². The maximum Gasteiger partial charge on any atom is 0.447 e. The average molecular weight is 562 g/mol. The summed E-state index contributed by atoms with van der Waals surface area (Å²) in [5.41, 5.74) is 2.78. The zero-order valence-corrected chi connectivity index (χ0v) is 23.5. The van der Waals surface area contributed by atoms with Crippen LogP contribution in [0.3, 0.4) is 0 Å². The number of methoxy groups -OCH3 is 1. The van der Waals surface area contributed by atoms with Crippen molar-refractivity contribution in [2.45, 2.75) is 45.4 Å². The number of amides is 1. The smallest absolute Gasteiger partial charge is 0.447 e. The molecule has 0 aliphatic rings. The number of anilines is 1. The Hall–Kier alpha value is -4.25. The summed E-state index contributed by atoms with van der Waals surface area (Å²) in [5, 5.41) is 20.6. The van der Waals surface area contributed by atoms with Crippen molar-refractivity contribution in [2.75, 3.05) is 25.6 Å². The van der Waals surface area contributed by atoms with Gasteiger partial charge in [0, 0.05) is 12.8 Å². The standard InChI is InChI=1S/C29H32N6O4S/c1-3-39-24-15-13-22(19-25(24)38-2)17-18-35(37)29-34-33-28(40-29)12-8-7-11-23-14-16-26(32-31-23)30-27(36)20-21-9-5-4-6-10-21/h4-6,9-10,13-16,19H,3,7-8,11-12,17-18,20H2,1-2H3/p+1. The monoisotopic (exact) mass is 561 g/mol. The molecule has 4 aromatic rings. The van der Waals surface area contributed by atoms with Gasteiger partial charge < -0.3 is 14.8 Å².